The zero-order chi connectivity index (χ0) is 46.7. The second kappa shape index (κ2) is 43.3. The van der Waals surface area contributed by atoms with Gasteiger partial charge in [-0.2, -0.15) is 0 Å². The minimum atomic E-state index is -0.144. The average molecular weight is 906 g/mol. The van der Waals surface area contributed by atoms with Gasteiger partial charge in [0.05, 0.1) is 26.3 Å². The number of hydrogen-bond acceptors (Lipinski definition) is 9. The van der Waals surface area contributed by atoms with E-state index in [9.17, 15) is 19.2 Å². The summed E-state index contributed by atoms with van der Waals surface area (Å²) in [5.41, 5.74) is 0. The van der Waals surface area contributed by atoms with E-state index < -0.39 is 0 Å². The molecule has 2 amide bonds. The van der Waals surface area contributed by atoms with E-state index in [2.05, 4.69) is 49.3 Å². The quantitative estimate of drug-likeness (QED) is 0.0436. The highest BCUT2D eigenvalue weighted by Crippen LogP contribution is 2.13. The van der Waals surface area contributed by atoms with Crippen molar-refractivity contribution in [3.63, 3.8) is 0 Å². The molecule has 1 heterocycles. The Morgan fingerprint density at radius 2 is 0.625 bits per heavy atom. The third-order valence-corrected chi connectivity index (χ3v) is 12.9. The maximum Gasteiger partial charge on any atom is 0.305 e. The summed E-state index contributed by atoms with van der Waals surface area (Å²) >= 11 is 0. The van der Waals surface area contributed by atoms with Gasteiger partial charge in [-0.25, -0.2) is 0 Å². The molecule has 1 aliphatic heterocycles. The third-order valence-electron chi connectivity index (χ3n) is 12.9. The molecule has 0 spiro atoms. The summed E-state index contributed by atoms with van der Waals surface area (Å²) in [6.07, 6.45) is 32.3. The summed E-state index contributed by atoms with van der Waals surface area (Å²) in [6, 6.07) is 0. The molecule has 0 bridgehead atoms. The molecule has 11 nitrogen and oxygen atoms in total. The zero-order valence-corrected chi connectivity index (χ0v) is 42.8. The molecule has 0 aromatic carbocycles. The number of esters is 2. The molecule has 0 aromatic rings. The highest BCUT2D eigenvalue weighted by Gasteiger charge is 2.26. The van der Waals surface area contributed by atoms with Crippen molar-refractivity contribution in [3.8, 4) is 0 Å². The normalized spacial score (nSPS) is 13.1. The Morgan fingerprint density at radius 3 is 1.00 bits per heavy atom. The molecule has 0 unspecified atom stereocenters. The van der Waals surface area contributed by atoms with E-state index in [1.165, 1.54) is 109 Å². The largest absolute Gasteiger partial charge is 0.466 e. The van der Waals surface area contributed by atoms with Crippen LogP contribution in [0.1, 0.15) is 221 Å². The maximum atomic E-state index is 13.9. The fourth-order valence-corrected chi connectivity index (χ4v) is 8.52. The van der Waals surface area contributed by atoms with Gasteiger partial charge in [0.1, 0.15) is 0 Å². The number of carbonyl (C=O) groups excluding carboxylic acids is 4. The first-order valence-electron chi connectivity index (χ1n) is 27.3. The Kier molecular flexibility index (Phi) is 40.5. The second-order valence-corrected chi connectivity index (χ2v) is 18.9. The van der Waals surface area contributed by atoms with Crippen LogP contribution in [-0.4, -0.2) is 147 Å². The van der Waals surface area contributed by atoms with Crippen LogP contribution in [0.15, 0.2) is 0 Å². The zero-order valence-electron chi connectivity index (χ0n) is 42.8. The van der Waals surface area contributed by atoms with Gasteiger partial charge in [-0.3, -0.25) is 29.0 Å². The van der Waals surface area contributed by atoms with Crippen LogP contribution in [0, 0.1) is 0 Å². The first-order chi connectivity index (χ1) is 31.3. The standard InChI is InChI=1S/C53H103N5O6/c1-6-11-16-19-22-25-28-35-54(38-31-33-52(61)63-46-14-9-4)40-41-56(37-30-27-24-21-18-13-8-3)49-51(60)58-44-42-57(43-45-58)50(59)48-55(36-29-26-23-20-17-12-7-2)39-32-34-53(62)64-47-15-10-5/h6-49H2,1-5H3. The van der Waals surface area contributed by atoms with Crippen molar-refractivity contribution in [2.45, 2.75) is 221 Å². The van der Waals surface area contributed by atoms with Crippen molar-refractivity contribution in [2.75, 3.05) is 98.3 Å². The van der Waals surface area contributed by atoms with Crippen LogP contribution < -0.4 is 0 Å². The molecule has 0 radical (unpaired) electrons. The summed E-state index contributed by atoms with van der Waals surface area (Å²) in [4.78, 5) is 63.4. The number of amides is 2. The molecule has 0 saturated carbocycles. The van der Waals surface area contributed by atoms with Crippen LogP contribution in [0.2, 0.25) is 0 Å². The minimum Gasteiger partial charge on any atom is -0.466 e. The number of unbranched alkanes of at least 4 members (excludes halogenated alkanes) is 20. The lowest BCUT2D eigenvalue weighted by molar-refractivity contribution is -0.144. The Morgan fingerprint density at radius 1 is 0.344 bits per heavy atom. The van der Waals surface area contributed by atoms with Crippen LogP contribution in [0.4, 0.5) is 0 Å². The lowest BCUT2D eigenvalue weighted by Crippen LogP contribution is -2.54. The topological polar surface area (TPSA) is 103 Å². The van der Waals surface area contributed by atoms with E-state index in [4.69, 9.17) is 9.47 Å². The molecule has 1 rings (SSSR count). The molecule has 0 aliphatic carbocycles. The highest BCUT2D eigenvalue weighted by molar-refractivity contribution is 5.80. The van der Waals surface area contributed by atoms with Gasteiger partial charge in [0, 0.05) is 52.1 Å². The molecule has 11 heteroatoms. The number of nitrogens with zero attached hydrogens (tertiary/aromatic N) is 5. The molecule has 376 valence electrons. The molecule has 1 saturated heterocycles. The van der Waals surface area contributed by atoms with Gasteiger partial charge in [0.25, 0.3) is 0 Å². The summed E-state index contributed by atoms with van der Waals surface area (Å²) in [6.45, 7) is 21.1. The Balaban J connectivity index is 2.84. The maximum absolute atomic E-state index is 13.9. The Hall–Kier alpha value is -2.24. The van der Waals surface area contributed by atoms with Gasteiger partial charge in [-0.05, 0) is 77.7 Å². The van der Waals surface area contributed by atoms with Crippen LogP contribution in [0.25, 0.3) is 0 Å². The summed E-state index contributed by atoms with van der Waals surface area (Å²) < 4.78 is 10.8. The lowest BCUT2D eigenvalue weighted by atomic mass is 10.1. The smallest absolute Gasteiger partial charge is 0.305 e. The fraction of sp³-hybridized carbons (Fsp3) is 0.925. The average Bonchev–Trinajstić information content (AvgIpc) is 3.29. The second-order valence-electron chi connectivity index (χ2n) is 18.9. The predicted octanol–water partition coefficient (Wildman–Crippen LogP) is 11.1. The van der Waals surface area contributed by atoms with E-state index in [1.54, 1.807) is 0 Å². The van der Waals surface area contributed by atoms with E-state index in [0.29, 0.717) is 78.3 Å². The third kappa shape index (κ3) is 34.1. The number of ether oxygens (including phenoxy) is 2. The number of carbonyl (C=O) groups is 4. The van der Waals surface area contributed by atoms with Gasteiger partial charge < -0.3 is 24.2 Å². The van der Waals surface area contributed by atoms with Crippen molar-refractivity contribution in [1.29, 1.82) is 0 Å². The van der Waals surface area contributed by atoms with Crippen LogP contribution in [0.5, 0.6) is 0 Å². The molecular weight excluding hydrogens is 803 g/mol. The van der Waals surface area contributed by atoms with E-state index in [1.807, 2.05) is 9.80 Å². The van der Waals surface area contributed by atoms with Crippen molar-refractivity contribution in [2.24, 2.45) is 0 Å². The lowest BCUT2D eigenvalue weighted by Gasteiger charge is -2.37. The summed E-state index contributed by atoms with van der Waals surface area (Å²) in [5.74, 6) is 0.0519. The van der Waals surface area contributed by atoms with E-state index in [0.717, 1.165) is 97.1 Å². The Labute approximate surface area is 394 Å². The summed E-state index contributed by atoms with van der Waals surface area (Å²) in [5, 5.41) is 0. The van der Waals surface area contributed by atoms with Crippen LogP contribution >= 0.6 is 0 Å². The number of piperazine rings is 1. The van der Waals surface area contributed by atoms with Gasteiger partial charge in [-0.1, -0.05) is 163 Å². The van der Waals surface area contributed by atoms with Gasteiger partial charge in [-0.15, -0.1) is 0 Å². The van der Waals surface area contributed by atoms with Crippen molar-refractivity contribution < 1.29 is 28.7 Å². The van der Waals surface area contributed by atoms with Crippen molar-refractivity contribution in [1.82, 2.24) is 24.5 Å². The fourth-order valence-electron chi connectivity index (χ4n) is 8.52. The van der Waals surface area contributed by atoms with Crippen LogP contribution in [0.3, 0.4) is 0 Å². The molecule has 0 N–H and O–H groups in total. The number of hydrogen-bond donors (Lipinski definition) is 0. The molecule has 1 fully saturated rings. The summed E-state index contributed by atoms with van der Waals surface area (Å²) in [7, 11) is 0. The molecule has 0 aromatic heterocycles. The van der Waals surface area contributed by atoms with E-state index in [-0.39, 0.29) is 23.8 Å². The first-order valence-corrected chi connectivity index (χ1v) is 27.3. The van der Waals surface area contributed by atoms with Gasteiger partial charge in [0.2, 0.25) is 11.8 Å². The van der Waals surface area contributed by atoms with Crippen molar-refractivity contribution >= 4 is 23.8 Å². The van der Waals surface area contributed by atoms with Gasteiger partial charge in [0.15, 0.2) is 0 Å². The highest BCUT2D eigenvalue weighted by atomic mass is 16.5. The van der Waals surface area contributed by atoms with Gasteiger partial charge >= 0.3 is 11.9 Å². The minimum absolute atomic E-state index is 0.0881. The van der Waals surface area contributed by atoms with Crippen LogP contribution in [-0.2, 0) is 28.7 Å². The number of rotatable bonds is 45. The van der Waals surface area contributed by atoms with Crippen molar-refractivity contribution in [3.05, 3.63) is 0 Å². The molecule has 0 atom stereocenters. The SMILES string of the molecule is CCCCCCCCCN(CCCC(=O)OCCCC)CCN(CCCCCCCCC)CC(=O)N1CCN(C(=O)CN(CCCCCCCCC)CCCC(=O)OCCCC)CC1. The Bertz CT molecular complexity index is 1120. The monoisotopic (exact) mass is 906 g/mol. The molecular formula is C53H103N5O6. The first kappa shape index (κ1) is 59.8. The van der Waals surface area contributed by atoms with E-state index >= 15 is 0 Å². The molecule has 1 aliphatic rings. The molecule has 64 heavy (non-hydrogen) atoms. The predicted molar refractivity (Wildman–Crippen MR) is 267 cm³/mol.